The number of fused-ring (bicyclic) bond motifs is 1. The summed E-state index contributed by atoms with van der Waals surface area (Å²) in [5.74, 6) is 0.148. The number of hydrogen-bond acceptors (Lipinski definition) is 6. The van der Waals surface area contributed by atoms with Crippen LogP contribution < -0.4 is 5.32 Å². The standard InChI is InChI=1S/C22H20N2O3S3/c1-14(25)23-20-19-16(15-7-4-3-5-8-15)13-17(18-9-6-11-28-18)24-21(19)29-22(20)30(26)12-10-27-2/h3-9,11,13H,10,12H2,1-2H3,(H,23,25). The topological polar surface area (TPSA) is 74.3 Å². The highest BCUT2D eigenvalue weighted by Crippen LogP contribution is 2.45. The number of nitrogens with zero attached hydrogens (tertiary/aromatic N) is 1. The molecule has 0 aliphatic carbocycles. The third-order valence-electron chi connectivity index (χ3n) is 4.47. The number of amides is 1. The van der Waals surface area contributed by atoms with E-state index < -0.39 is 11.2 Å². The Bertz CT molecular complexity index is 1160. The van der Waals surface area contributed by atoms with Crippen molar-refractivity contribution in [1.82, 2.24) is 4.98 Å². The Morgan fingerprint density at radius 1 is 1.23 bits per heavy atom. The van der Waals surface area contributed by atoms with Crippen molar-refractivity contribution >= 4 is 55.7 Å². The summed E-state index contributed by atoms with van der Waals surface area (Å²) in [4.78, 5) is 18.7. The molecule has 154 valence electrons. The van der Waals surface area contributed by atoms with Gasteiger partial charge in [0, 0.05) is 30.6 Å². The first-order valence-corrected chi connectivity index (χ1v) is 12.3. The lowest BCUT2D eigenvalue weighted by molar-refractivity contribution is -0.114. The molecule has 0 saturated carbocycles. The summed E-state index contributed by atoms with van der Waals surface area (Å²) in [6.45, 7) is 1.83. The molecule has 4 rings (SSSR count). The van der Waals surface area contributed by atoms with Gasteiger partial charge in [0.15, 0.2) is 0 Å². The summed E-state index contributed by atoms with van der Waals surface area (Å²) in [5, 5.41) is 5.76. The van der Waals surface area contributed by atoms with E-state index in [1.54, 1.807) is 18.4 Å². The monoisotopic (exact) mass is 456 g/mol. The van der Waals surface area contributed by atoms with E-state index in [9.17, 15) is 9.35 Å². The van der Waals surface area contributed by atoms with Gasteiger partial charge in [-0.25, -0.2) is 4.98 Å². The molecule has 4 aromatic rings. The Hall–Kier alpha value is -2.23. The lowest BCUT2D eigenvalue weighted by Gasteiger charge is -2.12. The van der Waals surface area contributed by atoms with Gasteiger partial charge in [-0.2, -0.15) is 0 Å². The SMILES string of the molecule is COCC[S+]([O-])c1sc2nc(-c3cccs3)cc(-c3ccccc3)c2c1NC(C)=O. The molecular weight excluding hydrogens is 436 g/mol. The summed E-state index contributed by atoms with van der Waals surface area (Å²) >= 11 is 1.68. The van der Waals surface area contributed by atoms with Crippen LogP contribution in [0.15, 0.2) is 58.1 Å². The first-order valence-electron chi connectivity index (χ1n) is 9.30. The first kappa shape index (κ1) is 21.0. The number of carbonyl (C=O) groups excluding carboxylic acids is 1. The number of ether oxygens (including phenoxy) is 1. The van der Waals surface area contributed by atoms with Crippen molar-refractivity contribution in [3.05, 3.63) is 53.9 Å². The number of nitrogens with one attached hydrogen (secondary N) is 1. The zero-order valence-electron chi connectivity index (χ0n) is 16.5. The van der Waals surface area contributed by atoms with Crippen molar-refractivity contribution in [3.63, 3.8) is 0 Å². The average molecular weight is 457 g/mol. The molecule has 0 aliphatic heterocycles. The van der Waals surface area contributed by atoms with Gasteiger partial charge in [0.25, 0.3) is 0 Å². The molecule has 0 saturated heterocycles. The molecule has 0 spiro atoms. The maximum Gasteiger partial charge on any atom is 0.233 e. The van der Waals surface area contributed by atoms with E-state index in [1.807, 2.05) is 53.9 Å². The highest BCUT2D eigenvalue weighted by molar-refractivity contribution is 7.93. The number of carbonyl (C=O) groups is 1. The molecule has 0 bridgehead atoms. The number of hydrogen-bond donors (Lipinski definition) is 1. The molecule has 1 aromatic carbocycles. The van der Waals surface area contributed by atoms with Crippen LogP contribution in [0, 0.1) is 0 Å². The number of thiophene rings is 2. The smallest absolute Gasteiger partial charge is 0.233 e. The van der Waals surface area contributed by atoms with E-state index >= 15 is 0 Å². The van der Waals surface area contributed by atoms with E-state index in [4.69, 9.17) is 9.72 Å². The molecule has 1 N–H and O–H groups in total. The summed E-state index contributed by atoms with van der Waals surface area (Å²) in [5.41, 5.74) is 3.42. The number of aromatic nitrogens is 1. The minimum absolute atomic E-state index is 0.207. The zero-order valence-corrected chi connectivity index (χ0v) is 19.0. The number of pyridine rings is 1. The van der Waals surface area contributed by atoms with Crippen molar-refractivity contribution < 1.29 is 14.1 Å². The number of anilines is 1. The fourth-order valence-corrected chi connectivity index (χ4v) is 6.49. The molecule has 5 nitrogen and oxygen atoms in total. The molecule has 1 unspecified atom stereocenters. The van der Waals surface area contributed by atoms with E-state index in [0.29, 0.717) is 22.3 Å². The Balaban J connectivity index is 1.99. The zero-order chi connectivity index (χ0) is 21.1. The number of benzene rings is 1. The number of rotatable bonds is 7. The van der Waals surface area contributed by atoms with Gasteiger partial charge < -0.3 is 14.6 Å². The van der Waals surface area contributed by atoms with Crippen LogP contribution >= 0.6 is 22.7 Å². The molecule has 0 fully saturated rings. The predicted molar refractivity (Wildman–Crippen MR) is 126 cm³/mol. The lowest BCUT2D eigenvalue weighted by atomic mass is 10.0. The maximum absolute atomic E-state index is 13.0. The van der Waals surface area contributed by atoms with Crippen LogP contribution in [-0.2, 0) is 20.7 Å². The molecule has 8 heteroatoms. The van der Waals surface area contributed by atoms with Crippen molar-refractivity contribution in [1.29, 1.82) is 0 Å². The highest BCUT2D eigenvalue weighted by atomic mass is 32.2. The van der Waals surface area contributed by atoms with Crippen LogP contribution in [0.25, 0.3) is 31.9 Å². The number of methoxy groups -OCH3 is 1. The Labute approximate surface area is 185 Å². The molecule has 1 amide bonds. The third kappa shape index (κ3) is 4.28. The minimum Gasteiger partial charge on any atom is -0.611 e. The van der Waals surface area contributed by atoms with Crippen LogP contribution in [0.5, 0.6) is 0 Å². The molecule has 30 heavy (non-hydrogen) atoms. The summed E-state index contributed by atoms with van der Waals surface area (Å²) < 4.78 is 18.7. The Morgan fingerprint density at radius 2 is 2.03 bits per heavy atom. The third-order valence-corrected chi connectivity index (χ3v) is 8.20. The molecule has 0 radical (unpaired) electrons. The fourth-order valence-electron chi connectivity index (χ4n) is 3.18. The van der Waals surface area contributed by atoms with Gasteiger partial charge in [-0.3, -0.25) is 4.79 Å². The van der Waals surface area contributed by atoms with Crippen molar-refractivity contribution in [2.45, 2.75) is 11.1 Å². The van der Waals surface area contributed by atoms with Crippen LogP contribution in [-0.4, -0.2) is 34.9 Å². The van der Waals surface area contributed by atoms with Gasteiger partial charge in [-0.15, -0.1) is 11.3 Å². The van der Waals surface area contributed by atoms with Gasteiger partial charge >= 0.3 is 0 Å². The summed E-state index contributed by atoms with van der Waals surface area (Å²) in [6, 6.07) is 16.1. The van der Waals surface area contributed by atoms with Crippen LogP contribution in [0.1, 0.15) is 6.92 Å². The largest absolute Gasteiger partial charge is 0.611 e. The molecule has 0 aliphatic rings. The van der Waals surface area contributed by atoms with E-state index in [0.717, 1.165) is 31.9 Å². The van der Waals surface area contributed by atoms with Gasteiger partial charge in [0.05, 0.1) is 17.2 Å². The summed E-state index contributed by atoms with van der Waals surface area (Å²) in [6.07, 6.45) is 0. The van der Waals surface area contributed by atoms with Crippen LogP contribution in [0.4, 0.5) is 5.69 Å². The lowest BCUT2D eigenvalue weighted by Crippen LogP contribution is -2.14. The predicted octanol–water partition coefficient (Wildman–Crippen LogP) is 5.40. The second kappa shape index (κ2) is 9.28. The van der Waals surface area contributed by atoms with Crippen molar-refractivity contribution in [2.24, 2.45) is 0 Å². The van der Waals surface area contributed by atoms with Gasteiger partial charge in [-0.1, -0.05) is 47.7 Å². The van der Waals surface area contributed by atoms with E-state index in [2.05, 4.69) is 5.32 Å². The molecule has 1 atom stereocenters. The Morgan fingerprint density at radius 3 is 2.70 bits per heavy atom. The van der Waals surface area contributed by atoms with E-state index in [1.165, 1.54) is 18.3 Å². The van der Waals surface area contributed by atoms with Crippen molar-refractivity contribution in [3.8, 4) is 21.7 Å². The van der Waals surface area contributed by atoms with Gasteiger partial charge in [-0.05, 0) is 28.6 Å². The minimum atomic E-state index is -1.31. The molecular formula is C22H20N2O3S3. The van der Waals surface area contributed by atoms with Crippen LogP contribution in [0.2, 0.25) is 0 Å². The second-order valence-corrected chi connectivity index (χ2v) is 10.3. The fraction of sp³-hybridized carbons (Fsp3) is 0.182. The second-order valence-electron chi connectivity index (χ2n) is 6.57. The van der Waals surface area contributed by atoms with Crippen LogP contribution in [0.3, 0.4) is 0 Å². The Kier molecular flexibility index (Phi) is 6.50. The maximum atomic E-state index is 13.0. The molecule has 3 heterocycles. The van der Waals surface area contributed by atoms with E-state index in [-0.39, 0.29) is 5.91 Å². The first-order chi connectivity index (χ1) is 14.6. The normalized spacial score (nSPS) is 12.2. The van der Waals surface area contributed by atoms with Gasteiger partial charge in [0.1, 0.15) is 16.3 Å². The molecule has 3 aromatic heterocycles. The average Bonchev–Trinajstić information content (AvgIpc) is 3.40. The van der Waals surface area contributed by atoms with Gasteiger partial charge in [0.2, 0.25) is 10.1 Å². The van der Waals surface area contributed by atoms with Crippen molar-refractivity contribution in [2.75, 3.05) is 24.8 Å². The quantitative estimate of drug-likeness (QED) is 0.378. The highest BCUT2D eigenvalue weighted by Gasteiger charge is 2.27. The summed E-state index contributed by atoms with van der Waals surface area (Å²) in [7, 11) is 1.58.